The number of carbonyl (C=O) groups is 2. The molecule has 2 bridgehead atoms. The van der Waals surface area contributed by atoms with Crippen molar-refractivity contribution in [2.75, 3.05) is 44.7 Å². The molecule has 5 aliphatic rings. The highest BCUT2D eigenvalue weighted by atomic mass is 19.3. The fraction of sp³-hybridized carbons (Fsp3) is 0.444. The minimum Gasteiger partial charge on any atom is -0.493 e. The molecule has 0 radical (unpaired) electrons. The number of alkyl halides is 2. The molecule has 336 valence electrons. The summed E-state index contributed by atoms with van der Waals surface area (Å²) in [5.41, 5.74) is 3.25. The summed E-state index contributed by atoms with van der Waals surface area (Å²) in [5, 5.41) is 5.60. The smallest absolute Gasteiger partial charge is 0.280 e. The molecule has 3 aliphatic heterocycles. The van der Waals surface area contributed by atoms with Crippen molar-refractivity contribution in [3.8, 4) is 17.5 Å². The first kappa shape index (κ1) is 43.4. The second-order valence-corrected chi connectivity index (χ2v) is 16.2. The van der Waals surface area contributed by atoms with Crippen molar-refractivity contribution in [1.29, 1.82) is 0 Å². The Balaban J connectivity index is 0.000000202. The minimum absolute atomic E-state index is 0. The lowest BCUT2D eigenvalue weighted by atomic mass is 9.62. The van der Waals surface area contributed by atoms with Gasteiger partial charge >= 0.3 is 0 Å². The first-order chi connectivity index (χ1) is 30.5. The molecule has 5 fully saturated rings. The molecule has 0 atom stereocenters. The Morgan fingerprint density at radius 2 is 1.70 bits per heavy atom. The van der Waals surface area contributed by atoms with Crippen LogP contribution in [-0.4, -0.2) is 91.3 Å². The summed E-state index contributed by atoms with van der Waals surface area (Å²) in [5.74, 6) is 1.30. The number of nitrogens with one attached hydrogen (secondary N) is 2. The maximum absolute atomic E-state index is 12.9. The van der Waals surface area contributed by atoms with Crippen LogP contribution in [0.4, 0.5) is 20.2 Å². The van der Waals surface area contributed by atoms with Gasteiger partial charge in [0, 0.05) is 58.5 Å². The van der Waals surface area contributed by atoms with E-state index >= 15 is 0 Å². The van der Waals surface area contributed by atoms with E-state index in [2.05, 4.69) is 37.5 Å². The van der Waals surface area contributed by atoms with Crippen molar-refractivity contribution >= 4 is 34.6 Å². The summed E-state index contributed by atoms with van der Waals surface area (Å²) in [6.07, 6.45) is 13.2. The number of ether oxygens (including phenoxy) is 5. The van der Waals surface area contributed by atoms with Gasteiger partial charge in [0.25, 0.3) is 18.2 Å². The van der Waals surface area contributed by atoms with Crippen molar-refractivity contribution in [3.05, 3.63) is 95.7 Å². The van der Waals surface area contributed by atoms with E-state index in [4.69, 9.17) is 28.7 Å². The van der Waals surface area contributed by atoms with Gasteiger partial charge in [0.1, 0.15) is 28.7 Å². The fourth-order valence-electron chi connectivity index (χ4n) is 8.32. The molecular weight excluding hydrogens is 817 g/mol. The Hall–Kier alpha value is -6.27. The molecule has 2 amide bonds. The number of hydrogen-bond donors (Lipinski definition) is 2. The average Bonchev–Trinajstić information content (AvgIpc) is 3.54. The summed E-state index contributed by atoms with van der Waals surface area (Å²) in [7, 11) is 3.01. The van der Waals surface area contributed by atoms with Gasteiger partial charge in [0.2, 0.25) is 17.5 Å². The molecule has 6 aromatic heterocycles. The summed E-state index contributed by atoms with van der Waals surface area (Å²) in [6, 6.07) is 8.96. The van der Waals surface area contributed by atoms with Crippen molar-refractivity contribution in [1.82, 2.24) is 33.7 Å². The number of halogens is 2. The number of anilines is 2. The zero-order valence-electron chi connectivity index (χ0n) is 35.9. The van der Waals surface area contributed by atoms with E-state index in [1.807, 2.05) is 36.8 Å². The number of nitrogens with zero attached hydrogens (tertiary/aromatic N) is 7. The number of hydrogen-bond acceptors (Lipinski definition) is 12. The lowest BCUT2D eigenvalue weighted by Gasteiger charge is -2.41. The average molecular weight is 872 g/mol. The SMILES string of the molecule is CC.COc1cc(NC(=O)c2cccc(C(F)F)n2)cn2cc(CC3CCOCC3)nc12.COc1ncccc1C(=O)Nc1cn2cc(C34COC(C)(C3)C4)nc2nc1OC1CC1.[HH].[HH]. The molecule has 2 saturated carbocycles. The molecule has 9 heterocycles. The van der Waals surface area contributed by atoms with Gasteiger partial charge in [-0.1, -0.05) is 19.9 Å². The highest BCUT2D eigenvalue weighted by molar-refractivity contribution is 6.06. The molecule has 2 N–H and O–H groups in total. The standard InChI is InChI=1S/C22H23N5O4.C21H22F2N4O3.C2H6.2H2/c1-21-10-22(11-21,12-30-21)16-9-27-8-15(19(26-20(27)25-16)31-13-5-6-13)24-17(28)14-4-3-7-23-18(14)29-2;1-29-18-10-15(25-21(28)17-4-2-3-16(26-17)19(22)23)12-27-11-14(24-20(18)27)9-13-5-7-30-8-6-13;1-2;;/h3-4,7-9,13H,5-6,10-12H2,1-2H3,(H,24,28);2-4,10-13,19H,5-9H2,1H3,(H,25,28);1-2H3;2*1H. The van der Waals surface area contributed by atoms with E-state index in [0.717, 1.165) is 69.5 Å². The predicted molar refractivity (Wildman–Crippen MR) is 232 cm³/mol. The van der Waals surface area contributed by atoms with E-state index < -0.39 is 18.0 Å². The van der Waals surface area contributed by atoms with Gasteiger partial charge in [-0.05, 0) is 82.1 Å². The van der Waals surface area contributed by atoms with Crippen LogP contribution in [0.25, 0.3) is 11.4 Å². The van der Waals surface area contributed by atoms with E-state index in [0.29, 0.717) is 52.5 Å². The van der Waals surface area contributed by atoms with Gasteiger partial charge in [-0.3, -0.25) is 14.0 Å². The molecule has 0 unspecified atom stereocenters. The van der Waals surface area contributed by atoms with Gasteiger partial charge in [0.05, 0.1) is 43.5 Å². The largest absolute Gasteiger partial charge is 0.493 e. The van der Waals surface area contributed by atoms with Crippen LogP contribution in [0.5, 0.6) is 17.5 Å². The first-order valence-corrected chi connectivity index (χ1v) is 21.2. The second-order valence-electron chi connectivity index (χ2n) is 16.2. The Morgan fingerprint density at radius 1 is 0.905 bits per heavy atom. The molecule has 2 aliphatic carbocycles. The number of imidazole rings is 2. The predicted octanol–water partition coefficient (Wildman–Crippen LogP) is 8.16. The zero-order valence-corrected chi connectivity index (χ0v) is 35.9. The maximum atomic E-state index is 12.9. The number of carbonyl (C=O) groups excluding carboxylic acids is 2. The monoisotopic (exact) mass is 871 g/mol. The topological polar surface area (TPSA) is 178 Å². The van der Waals surface area contributed by atoms with Crippen LogP contribution < -0.4 is 24.8 Å². The Morgan fingerprint density at radius 3 is 2.40 bits per heavy atom. The quantitative estimate of drug-likeness (QED) is 0.121. The van der Waals surface area contributed by atoms with Crippen LogP contribution in [0.15, 0.2) is 67.4 Å². The highest BCUT2D eigenvalue weighted by Gasteiger charge is 2.61. The number of rotatable bonds is 12. The summed E-state index contributed by atoms with van der Waals surface area (Å²) in [4.78, 5) is 47.3. The van der Waals surface area contributed by atoms with E-state index in [1.54, 1.807) is 35.0 Å². The minimum atomic E-state index is -2.74. The molecule has 18 heteroatoms. The number of pyridine rings is 3. The van der Waals surface area contributed by atoms with Gasteiger partial charge < -0.3 is 38.7 Å². The maximum Gasteiger partial charge on any atom is 0.280 e. The number of amides is 2. The van der Waals surface area contributed by atoms with Gasteiger partial charge in [-0.2, -0.15) is 4.98 Å². The zero-order chi connectivity index (χ0) is 44.3. The normalized spacial score (nSPS) is 20.3. The second kappa shape index (κ2) is 18.2. The first-order valence-electron chi connectivity index (χ1n) is 21.2. The van der Waals surface area contributed by atoms with Gasteiger partial charge in [-0.15, -0.1) is 0 Å². The van der Waals surface area contributed by atoms with Crippen LogP contribution in [0, 0.1) is 5.92 Å². The summed E-state index contributed by atoms with van der Waals surface area (Å²) >= 11 is 0. The van der Waals surface area contributed by atoms with Crippen LogP contribution in [0.3, 0.4) is 0 Å². The molecule has 63 heavy (non-hydrogen) atoms. The number of methoxy groups -OCH3 is 2. The third kappa shape index (κ3) is 9.41. The van der Waals surface area contributed by atoms with E-state index in [-0.39, 0.29) is 37.5 Å². The van der Waals surface area contributed by atoms with Crippen molar-refractivity contribution < 1.29 is 44.9 Å². The van der Waals surface area contributed by atoms with E-state index in [1.165, 1.54) is 32.4 Å². The molecular formula is C45H55F2N9O7. The summed E-state index contributed by atoms with van der Waals surface area (Å²) < 4.78 is 57.3. The Bertz CT molecular complexity index is 2610. The molecule has 16 nitrogen and oxygen atoms in total. The van der Waals surface area contributed by atoms with Gasteiger partial charge in [0.15, 0.2) is 11.4 Å². The van der Waals surface area contributed by atoms with Crippen LogP contribution >= 0.6 is 0 Å². The van der Waals surface area contributed by atoms with Crippen molar-refractivity contribution in [3.63, 3.8) is 0 Å². The summed E-state index contributed by atoms with van der Waals surface area (Å²) in [6.45, 7) is 8.38. The molecule has 0 aromatic carbocycles. The molecule has 11 rings (SSSR count). The van der Waals surface area contributed by atoms with Crippen LogP contribution in [-0.2, 0) is 21.3 Å². The Kier molecular flexibility index (Phi) is 12.5. The fourth-order valence-corrected chi connectivity index (χ4v) is 8.32. The van der Waals surface area contributed by atoms with Crippen molar-refractivity contribution in [2.45, 2.75) is 89.3 Å². The lowest BCUT2D eigenvalue weighted by Crippen LogP contribution is -2.45. The molecule has 0 spiro atoms. The van der Waals surface area contributed by atoms with Crippen LogP contribution in [0.1, 0.15) is 107 Å². The van der Waals surface area contributed by atoms with E-state index in [9.17, 15) is 18.4 Å². The van der Waals surface area contributed by atoms with Crippen LogP contribution in [0.2, 0.25) is 0 Å². The third-order valence-electron chi connectivity index (χ3n) is 11.4. The number of aromatic nitrogens is 7. The molecule has 3 saturated heterocycles. The molecule has 6 aromatic rings. The lowest BCUT2D eigenvalue weighted by molar-refractivity contribution is 0.0154. The number of fused-ring (bicyclic) bond motifs is 3. The third-order valence-corrected chi connectivity index (χ3v) is 11.4. The Labute approximate surface area is 365 Å². The van der Waals surface area contributed by atoms with Crippen molar-refractivity contribution in [2.24, 2.45) is 5.92 Å². The highest BCUT2D eigenvalue weighted by Crippen LogP contribution is 2.58. The van der Waals surface area contributed by atoms with Gasteiger partial charge in [-0.25, -0.2) is 28.7 Å².